The van der Waals surface area contributed by atoms with Crippen LogP contribution in [0.3, 0.4) is 0 Å². The Morgan fingerprint density at radius 2 is 1.78 bits per heavy atom. The van der Waals surface area contributed by atoms with E-state index in [1.807, 2.05) is 44.2 Å². The second kappa shape index (κ2) is 8.21. The first-order valence-corrected chi connectivity index (χ1v) is 13.0. The number of aryl methyl sites for hydroxylation is 2. The topological polar surface area (TPSA) is 67.4 Å². The van der Waals surface area contributed by atoms with E-state index in [1.165, 1.54) is 5.56 Å². The Labute approximate surface area is 197 Å². The van der Waals surface area contributed by atoms with Crippen molar-refractivity contribution in [1.82, 2.24) is 0 Å². The predicted molar refractivity (Wildman–Crippen MR) is 130 cm³/mol. The van der Waals surface area contributed by atoms with E-state index in [0.29, 0.717) is 12.3 Å². The number of ether oxygens (including phenoxy) is 1. The summed E-state index contributed by atoms with van der Waals surface area (Å²) in [6.45, 7) is 4.64. The molecule has 0 amide bonds. The smallest absolute Gasteiger partial charge is 0.261 e. The van der Waals surface area contributed by atoms with E-state index >= 15 is 0 Å². The molecule has 0 radical (unpaired) electrons. The summed E-state index contributed by atoms with van der Waals surface area (Å²) in [6.07, 6.45) is 0.798. The van der Waals surface area contributed by atoms with E-state index in [0.717, 1.165) is 33.3 Å². The molecule has 5 nitrogen and oxygen atoms in total. The Hall–Kier alpha value is -2.35. The highest BCUT2D eigenvalue weighted by molar-refractivity contribution is 9.10. The van der Waals surface area contributed by atoms with Crippen LogP contribution < -0.4 is 10.0 Å². The summed E-state index contributed by atoms with van der Waals surface area (Å²) in [7, 11) is -3.71. The van der Waals surface area contributed by atoms with Gasteiger partial charge in [-0.2, -0.15) is 0 Å². The number of halogens is 1. The highest BCUT2D eigenvalue weighted by atomic mass is 79.9. The molecular formula is C25H25BrN2O3S. The lowest BCUT2D eigenvalue weighted by Crippen LogP contribution is -2.29. The number of sulfonamides is 1. The average molecular weight is 513 g/mol. The number of anilines is 2. The highest BCUT2D eigenvalue weighted by Gasteiger charge is 2.41. The molecule has 0 saturated carbocycles. The average Bonchev–Trinajstić information content (AvgIpc) is 3.26. The molecule has 0 aliphatic carbocycles. The van der Waals surface area contributed by atoms with Crippen LogP contribution in [0.5, 0.6) is 0 Å². The predicted octanol–water partition coefficient (Wildman–Crippen LogP) is 6.11. The van der Waals surface area contributed by atoms with E-state index in [4.69, 9.17) is 4.74 Å². The second-order valence-corrected chi connectivity index (χ2v) is 11.2. The third-order valence-electron chi connectivity index (χ3n) is 6.50. The van der Waals surface area contributed by atoms with Crippen LogP contribution in [0.1, 0.15) is 40.8 Å². The van der Waals surface area contributed by atoms with Crippen molar-refractivity contribution in [3.8, 4) is 0 Å². The lowest BCUT2D eigenvalue weighted by atomic mass is 9.81. The lowest BCUT2D eigenvalue weighted by molar-refractivity contribution is 0.0827. The molecule has 7 heteroatoms. The van der Waals surface area contributed by atoms with Gasteiger partial charge in [0.1, 0.15) is 0 Å². The lowest BCUT2D eigenvalue weighted by Gasteiger charge is -2.36. The molecule has 2 N–H and O–H groups in total. The summed E-state index contributed by atoms with van der Waals surface area (Å²) >= 11 is 3.50. The van der Waals surface area contributed by atoms with E-state index < -0.39 is 10.0 Å². The molecule has 32 heavy (non-hydrogen) atoms. The maximum atomic E-state index is 13.1. The van der Waals surface area contributed by atoms with Gasteiger partial charge in [0.2, 0.25) is 0 Å². The largest absolute Gasteiger partial charge is 0.378 e. The molecular weight excluding hydrogens is 488 g/mol. The van der Waals surface area contributed by atoms with Crippen LogP contribution in [0.15, 0.2) is 70.0 Å². The Balaban J connectivity index is 1.47. The minimum atomic E-state index is -3.71. The van der Waals surface area contributed by atoms with Crippen molar-refractivity contribution in [2.75, 3.05) is 16.6 Å². The van der Waals surface area contributed by atoms with Crippen molar-refractivity contribution in [2.24, 2.45) is 5.92 Å². The number of hydrogen-bond donors (Lipinski definition) is 2. The Bertz CT molecular complexity index is 1270. The summed E-state index contributed by atoms with van der Waals surface area (Å²) in [5.41, 5.74) is 5.76. The minimum absolute atomic E-state index is 0.124. The SMILES string of the molecule is Cc1ccc(NS(=O)(=O)c2ccc3c(c2)[C@H]2OCC[C@H]2C(c2ccc(Br)cc2)N3)cc1C. The fourth-order valence-electron chi connectivity index (χ4n) is 4.64. The molecule has 1 fully saturated rings. The quantitative estimate of drug-likeness (QED) is 0.442. The zero-order valence-electron chi connectivity index (χ0n) is 17.9. The Kier molecular flexibility index (Phi) is 5.51. The maximum absolute atomic E-state index is 13.1. The van der Waals surface area contributed by atoms with Gasteiger partial charge in [-0.05, 0) is 79.4 Å². The van der Waals surface area contributed by atoms with E-state index in [1.54, 1.807) is 18.2 Å². The summed E-state index contributed by atoms with van der Waals surface area (Å²) in [4.78, 5) is 0.243. The van der Waals surface area contributed by atoms with Crippen molar-refractivity contribution < 1.29 is 13.2 Å². The normalized spacial score (nSPS) is 22.0. The zero-order chi connectivity index (χ0) is 22.5. The van der Waals surface area contributed by atoms with Gasteiger partial charge in [0.25, 0.3) is 10.0 Å². The molecule has 0 aromatic heterocycles. The van der Waals surface area contributed by atoms with E-state index in [2.05, 4.69) is 38.1 Å². The van der Waals surface area contributed by atoms with Gasteiger partial charge in [-0.3, -0.25) is 4.72 Å². The Morgan fingerprint density at radius 1 is 1.00 bits per heavy atom. The number of nitrogens with one attached hydrogen (secondary N) is 2. The van der Waals surface area contributed by atoms with Crippen molar-refractivity contribution in [1.29, 1.82) is 0 Å². The summed E-state index contributed by atoms with van der Waals surface area (Å²) in [5, 5.41) is 3.64. The molecule has 3 aromatic rings. The monoisotopic (exact) mass is 512 g/mol. The molecule has 3 atom stereocenters. The van der Waals surface area contributed by atoms with E-state index in [9.17, 15) is 8.42 Å². The van der Waals surface area contributed by atoms with Crippen molar-refractivity contribution in [3.63, 3.8) is 0 Å². The number of rotatable bonds is 4. The van der Waals surface area contributed by atoms with Gasteiger partial charge in [-0.25, -0.2) is 8.42 Å². The molecule has 1 unspecified atom stereocenters. The number of benzene rings is 3. The fourth-order valence-corrected chi connectivity index (χ4v) is 5.99. The Morgan fingerprint density at radius 3 is 2.53 bits per heavy atom. The first-order chi connectivity index (χ1) is 15.3. The van der Waals surface area contributed by atoms with Crippen LogP contribution in [0.4, 0.5) is 11.4 Å². The van der Waals surface area contributed by atoms with Gasteiger partial charge < -0.3 is 10.1 Å². The van der Waals surface area contributed by atoms with Crippen LogP contribution in [0.25, 0.3) is 0 Å². The van der Waals surface area contributed by atoms with E-state index in [-0.39, 0.29) is 23.0 Å². The van der Waals surface area contributed by atoms with Gasteiger partial charge in [0.15, 0.2) is 0 Å². The maximum Gasteiger partial charge on any atom is 0.261 e. The molecule has 166 valence electrons. The molecule has 0 spiro atoms. The molecule has 5 rings (SSSR count). The second-order valence-electron chi connectivity index (χ2n) is 8.57. The molecule has 0 bridgehead atoms. The van der Waals surface area contributed by atoms with Gasteiger partial charge >= 0.3 is 0 Å². The first-order valence-electron chi connectivity index (χ1n) is 10.7. The third kappa shape index (κ3) is 3.93. The van der Waals surface area contributed by atoms with Crippen molar-refractivity contribution in [2.45, 2.75) is 37.3 Å². The summed E-state index contributed by atoms with van der Waals surface area (Å²) in [5.74, 6) is 0.245. The fraction of sp³-hybridized carbons (Fsp3) is 0.280. The van der Waals surface area contributed by atoms with Crippen molar-refractivity contribution >= 4 is 37.3 Å². The van der Waals surface area contributed by atoms with Crippen molar-refractivity contribution in [3.05, 3.63) is 87.4 Å². The number of fused-ring (bicyclic) bond motifs is 3. The van der Waals surface area contributed by atoms with Crippen LogP contribution in [-0.4, -0.2) is 15.0 Å². The van der Waals surface area contributed by atoms with Gasteiger partial charge in [-0.1, -0.05) is 34.1 Å². The number of hydrogen-bond acceptors (Lipinski definition) is 4. The molecule has 2 aliphatic heterocycles. The van der Waals surface area contributed by atoms with Crippen LogP contribution in [-0.2, 0) is 14.8 Å². The zero-order valence-corrected chi connectivity index (χ0v) is 20.3. The van der Waals surface area contributed by atoms with Crippen LogP contribution in [0, 0.1) is 19.8 Å². The minimum Gasteiger partial charge on any atom is -0.378 e. The van der Waals surface area contributed by atoms with Crippen LogP contribution >= 0.6 is 15.9 Å². The summed E-state index contributed by atoms with van der Waals surface area (Å²) in [6, 6.07) is 19.3. The molecule has 2 heterocycles. The summed E-state index contributed by atoms with van der Waals surface area (Å²) < 4.78 is 36.1. The first kappa shape index (κ1) is 21.5. The van der Waals surface area contributed by atoms with Crippen LogP contribution in [0.2, 0.25) is 0 Å². The molecule has 1 saturated heterocycles. The third-order valence-corrected chi connectivity index (χ3v) is 8.41. The molecule has 3 aromatic carbocycles. The van der Waals surface area contributed by atoms with Gasteiger partial charge in [-0.15, -0.1) is 0 Å². The highest BCUT2D eigenvalue weighted by Crippen LogP contribution is 2.50. The van der Waals surface area contributed by atoms with Gasteiger partial charge in [0.05, 0.1) is 17.0 Å². The standard InChI is InChI=1S/C25H25BrN2O3S/c1-15-3-8-19(13-16(15)2)28-32(29,30)20-9-10-23-22(14-20)25-21(11-12-31-25)24(27-23)17-4-6-18(26)7-5-17/h3-10,13-14,21,24-25,27-28H,11-12H2,1-2H3/t21-,24?,25-/m0/s1. The molecule has 2 aliphatic rings. The van der Waals surface area contributed by atoms with Gasteiger partial charge in [0, 0.05) is 33.9 Å².